The number of benzene rings is 1. The summed E-state index contributed by atoms with van der Waals surface area (Å²) in [5.41, 5.74) is 0.396. The third-order valence-electron chi connectivity index (χ3n) is 10.00. The maximum atomic E-state index is 13.3. The van der Waals surface area contributed by atoms with E-state index in [4.69, 9.17) is 0 Å². The van der Waals surface area contributed by atoms with Crippen LogP contribution in [0.25, 0.3) is 0 Å². The van der Waals surface area contributed by atoms with E-state index in [2.05, 4.69) is 13.8 Å². The van der Waals surface area contributed by atoms with Gasteiger partial charge in [-0.05, 0) is 104 Å². The molecule has 0 unspecified atom stereocenters. The highest BCUT2D eigenvalue weighted by atomic mass is 19.1. The summed E-state index contributed by atoms with van der Waals surface area (Å²) >= 11 is 0. The van der Waals surface area contributed by atoms with Gasteiger partial charge in [0.15, 0.2) is 0 Å². The molecule has 0 radical (unpaired) electrons. The maximum absolute atomic E-state index is 13.3. The van der Waals surface area contributed by atoms with E-state index in [1.807, 2.05) is 0 Å². The summed E-state index contributed by atoms with van der Waals surface area (Å²) in [5.74, 6) is 2.12. The number of unbranched alkanes of at least 4 members (excludes halogenated alkanes) is 1. The van der Waals surface area contributed by atoms with Crippen molar-refractivity contribution in [3.05, 3.63) is 35.6 Å². The normalized spacial score (nSPS) is 36.9. The van der Waals surface area contributed by atoms with Crippen LogP contribution in [0.3, 0.4) is 0 Å². The molecule has 3 fully saturated rings. The van der Waals surface area contributed by atoms with Crippen LogP contribution < -0.4 is 0 Å². The Balaban J connectivity index is 1.38. The first-order valence-corrected chi connectivity index (χ1v) is 13.7. The van der Waals surface area contributed by atoms with Gasteiger partial charge in [-0.25, -0.2) is 4.39 Å². The van der Waals surface area contributed by atoms with E-state index in [1.165, 1.54) is 43.5 Å². The Morgan fingerprint density at radius 3 is 2.44 bits per heavy atom. The molecule has 4 rings (SSSR count). The van der Waals surface area contributed by atoms with Crippen molar-refractivity contribution in [2.24, 2.45) is 35.0 Å². The van der Waals surface area contributed by atoms with Crippen molar-refractivity contribution in [3.63, 3.8) is 0 Å². The molecule has 0 bridgehead atoms. The molecule has 0 saturated heterocycles. The summed E-state index contributed by atoms with van der Waals surface area (Å²) in [5, 5.41) is 43.2. The van der Waals surface area contributed by atoms with E-state index in [0.29, 0.717) is 29.2 Å². The third-order valence-corrected chi connectivity index (χ3v) is 10.00. The predicted octanol–water partition coefficient (Wildman–Crippen LogP) is 5.38. The summed E-state index contributed by atoms with van der Waals surface area (Å²) in [6, 6.07) is 5.48. The smallest absolute Gasteiger partial charge is 0.123 e. The van der Waals surface area contributed by atoms with E-state index in [0.717, 1.165) is 51.4 Å². The van der Waals surface area contributed by atoms with E-state index in [9.17, 15) is 24.8 Å². The SMILES string of the molecule is CCCC[C@H](O)C[C@@H]1CC[C@@H]2[C@H](CC[C@]3(C)[C@@H]([C@H](O)[C@@H](O)[C@H](O)c4ccc(F)cc4)CC[C@@H]23)C1. The van der Waals surface area contributed by atoms with E-state index in [-0.39, 0.29) is 23.3 Å². The highest BCUT2D eigenvalue weighted by molar-refractivity contribution is 5.20. The minimum atomic E-state index is -1.29. The zero-order valence-electron chi connectivity index (χ0n) is 21.0. The van der Waals surface area contributed by atoms with Gasteiger partial charge in [-0.2, -0.15) is 0 Å². The fraction of sp³-hybridized carbons (Fsp3) is 0.793. The maximum Gasteiger partial charge on any atom is 0.123 e. The molecule has 192 valence electrons. The van der Waals surface area contributed by atoms with Crippen LogP contribution in [0.1, 0.15) is 96.1 Å². The molecule has 10 atom stereocenters. The summed E-state index contributed by atoms with van der Waals surface area (Å²) in [7, 11) is 0. The molecule has 0 heterocycles. The van der Waals surface area contributed by atoms with Crippen molar-refractivity contribution in [1.82, 2.24) is 0 Å². The number of hydrogen-bond donors (Lipinski definition) is 4. The van der Waals surface area contributed by atoms with Gasteiger partial charge < -0.3 is 20.4 Å². The zero-order chi connectivity index (χ0) is 24.5. The van der Waals surface area contributed by atoms with Gasteiger partial charge in [0.2, 0.25) is 0 Å². The largest absolute Gasteiger partial charge is 0.393 e. The van der Waals surface area contributed by atoms with Crippen molar-refractivity contribution in [1.29, 1.82) is 0 Å². The molecule has 34 heavy (non-hydrogen) atoms. The monoisotopic (exact) mass is 476 g/mol. The van der Waals surface area contributed by atoms with Crippen molar-refractivity contribution in [2.45, 2.75) is 109 Å². The van der Waals surface area contributed by atoms with Crippen molar-refractivity contribution in [2.75, 3.05) is 0 Å². The molecule has 4 N–H and O–H groups in total. The van der Waals surface area contributed by atoms with Crippen molar-refractivity contribution < 1.29 is 24.8 Å². The van der Waals surface area contributed by atoms with Crippen molar-refractivity contribution >= 4 is 0 Å². The Hall–Kier alpha value is -1.01. The standard InChI is InChI=1S/C29H45FO4/c1-3-4-5-22(31)17-18-6-11-23-20(16-18)14-15-29(2)24(23)12-13-25(29)27(33)28(34)26(32)19-7-9-21(30)10-8-19/h7-10,18,20,22-28,31-34H,3-6,11-17H2,1-2H3/t18-,20-,22+,23-,24+,25-,26-,27+,28+,29+/m1/s1. The lowest BCUT2D eigenvalue weighted by molar-refractivity contribution is -0.119. The topological polar surface area (TPSA) is 80.9 Å². The minimum absolute atomic E-state index is 0.0302. The van der Waals surface area contributed by atoms with Crippen LogP contribution >= 0.6 is 0 Å². The number of halogens is 1. The second kappa shape index (κ2) is 10.9. The Labute approximate surface area is 204 Å². The molecule has 3 aliphatic carbocycles. The van der Waals surface area contributed by atoms with Gasteiger partial charge in [0, 0.05) is 0 Å². The average Bonchev–Trinajstić information content (AvgIpc) is 3.19. The van der Waals surface area contributed by atoms with Crippen LogP contribution in [0.15, 0.2) is 24.3 Å². The van der Waals surface area contributed by atoms with Crippen LogP contribution in [0.4, 0.5) is 4.39 Å². The summed E-state index contributed by atoms with van der Waals surface area (Å²) in [6.07, 6.45) is 8.19. The molecule has 0 aromatic heterocycles. The molecule has 1 aromatic carbocycles. The quantitative estimate of drug-likeness (QED) is 0.386. The van der Waals surface area contributed by atoms with Gasteiger partial charge in [-0.1, -0.05) is 45.2 Å². The Morgan fingerprint density at radius 1 is 1.00 bits per heavy atom. The van der Waals surface area contributed by atoms with E-state index < -0.39 is 18.3 Å². The van der Waals surface area contributed by atoms with Crippen LogP contribution in [0.2, 0.25) is 0 Å². The number of aliphatic hydroxyl groups is 4. The van der Waals surface area contributed by atoms with Crippen LogP contribution in [-0.4, -0.2) is 38.7 Å². The van der Waals surface area contributed by atoms with Gasteiger partial charge >= 0.3 is 0 Å². The van der Waals surface area contributed by atoms with Gasteiger partial charge in [-0.15, -0.1) is 0 Å². The molecule has 5 heteroatoms. The number of fused-ring (bicyclic) bond motifs is 3. The molecular weight excluding hydrogens is 431 g/mol. The summed E-state index contributed by atoms with van der Waals surface area (Å²) in [6.45, 7) is 4.47. The fourth-order valence-electron chi connectivity index (χ4n) is 8.11. The zero-order valence-corrected chi connectivity index (χ0v) is 21.0. The first-order chi connectivity index (χ1) is 16.2. The van der Waals surface area contributed by atoms with Gasteiger partial charge in [0.05, 0.1) is 12.2 Å². The van der Waals surface area contributed by atoms with E-state index >= 15 is 0 Å². The molecule has 0 spiro atoms. The molecule has 0 aliphatic heterocycles. The number of rotatable bonds is 9. The van der Waals surface area contributed by atoms with Gasteiger partial charge in [0.25, 0.3) is 0 Å². The molecule has 3 aliphatic rings. The molecule has 1 aromatic rings. The average molecular weight is 477 g/mol. The van der Waals surface area contributed by atoms with Crippen molar-refractivity contribution in [3.8, 4) is 0 Å². The van der Waals surface area contributed by atoms with Crippen LogP contribution in [0.5, 0.6) is 0 Å². The van der Waals surface area contributed by atoms with E-state index in [1.54, 1.807) is 0 Å². The molecule has 0 amide bonds. The lowest BCUT2D eigenvalue weighted by atomic mass is 9.53. The fourth-order valence-corrected chi connectivity index (χ4v) is 8.11. The molecular formula is C29H45FO4. The Kier molecular flexibility index (Phi) is 8.39. The Morgan fingerprint density at radius 2 is 1.74 bits per heavy atom. The minimum Gasteiger partial charge on any atom is -0.393 e. The Bertz CT molecular complexity index is 785. The second-order valence-electron chi connectivity index (χ2n) is 11.9. The summed E-state index contributed by atoms with van der Waals surface area (Å²) in [4.78, 5) is 0. The highest BCUT2D eigenvalue weighted by Crippen LogP contribution is 2.63. The number of aliphatic hydroxyl groups excluding tert-OH is 4. The lowest BCUT2D eigenvalue weighted by Gasteiger charge is -2.53. The van der Waals surface area contributed by atoms with Crippen LogP contribution in [0, 0.1) is 40.8 Å². The molecule has 3 saturated carbocycles. The van der Waals surface area contributed by atoms with Gasteiger partial charge in [-0.3, -0.25) is 0 Å². The molecule has 4 nitrogen and oxygen atoms in total. The second-order valence-corrected chi connectivity index (χ2v) is 11.9. The summed E-state index contributed by atoms with van der Waals surface area (Å²) < 4.78 is 13.3. The van der Waals surface area contributed by atoms with Gasteiger partial charge in [0.1, 0.15) is 18.0 Å². The third kappa shape index (κ3) is 5.23. The highest BCUT2D eigenvalue weighted by Gasteiger charge is 2.57. The van der Waals surface area contributed by atoms with Crippen LogP contribution in [-0.2, 0) is 0 Å². The lowest BCUT2D eigenvalue weighted by Crippen LogP contribution is -2.49. The first kappa shape index (κ1) is 26.1. The predicted molar refractivity (Wildman–Crippen MR) is 131 cm³/mol. The first-order valence-electron chi connectivity index (χ1n) is 13.7. The number of hydrogen-bond acceptors (Lipinski definition) is 4.